The molecule has 1 N–H and O–H groups in total. The second kappa shape index (κ2) is 5.27. The number of piperidine rings is 1. The highest BCUT2D eigenvalue weighted by molar-refractivity contribution is 4.93. The fourth-order valence-corrected chi connectivity index (χ4v) is 4.22. The zero-order chi connectivity index (χ0) is 12.6. The monoisotopic (exact) mass is 239 g/mol. The maximum atomic E-state index is 10.4. The van der Waals surface area contributed by atoms with Gasteiger partial charge in [0.1, 0.15) is 0 Å². The molecule has 0 spiro atoms. The van der Waals surface area contributed by atoms with Crippen LogP contribution >= 0.6 is 0 Å². The Kier molecular flexibility index (Phi) is 4.14. The lowest BCUT2D eigenvalue weighted by Gasteiger charge is -2.49. The van der Waals surface area contributed by atoms with Crippen molar-refractivity contribution in [3.63, 3.8) is 0 Å². The van der Waals surface area contributed by atoms with Crippen molar-refractivity contribution in [1.82, 2.24) is 4.90 Å². The van der Waals surface area contributed by atoms with E-state index in [1.54, 1.807) is 0 Å². The van der Waals surface area contributed by atoms with Crippen LogP contribution < -0.4 is 0 Å². The lowest BCUT2D eigenvalue weighted by atomic mass is 9.75. The van der Waals surface area contributed by atoms with Gasteiger partial charge in [-0.15, -0.1) is 0 Å². The van der Waals surface area contributed by atoms with Crippen LogP contribution in [0, 0.1) is 17.8 Å². The van der Waals surface area contributed by atoms with E-state index in [1.807, 2.05) is 0 Å². The molecule has 1 saturated carbocycles. The van der Waals surface area contributed by atoms with E-state index in [0.29, 0.717) is 23.9 Å². The molecular formula is C15H29NO. The number of rotatable bonds is 1. The van der Waals surface area contributed by atoms with Crippen molar-refractivity contribution in [2.75, 3.05) is 6.54 Å². The van der Waals surface area contributed by atoms with Crippen molar-refractivity contribution in [2.24, 2.45) is 17.8 Å². The first kappa shape index (κ1) is 13.4. The minimum Gasteiger partial charge on any atom is -0.391 e. The van der Waals surface area contributed by atoms with Crippen molar-refractivity contribution in [3.8, 4) is 0 Å². The number of nitrogens with zero attached hydrogens (tertiary/aromatic N) is 1. The summed E-state index contributed by atoms with van der Waals surface area (Å²) in [5.74, 6) is 2.19. The topological polar surface area (TPSA) is 23.5 Å². The Morgan fingerprint density at radius 1 is 0.941 bits per heavy atom. The van der Waals surface area contributed by atoms with E-state index in [2.05, 4.69) is 32.6 Å². The molecule has 0 amide bonds. The van der Waals surface area contributed by atoms with Gasteiger partial charge < -0.3 is 5.11 Å². The lowest BCUT2D eigenvalue weighted by molar-refractivity contribution is -0.0545. The van der Waals surface area contributed by atoms with Crippen LogP contribution in [0.25, 0.3) is 0 Å². The summed E-state index contributed by atoms with van der Waals surface area (Å²) in [4.78, 5) is 2.60. The van der Waals surface area contributed by atoms with E-state index in [-0.39, 0.29) is 6.10 Å². The van der Waals surface area contributed by atoms with E-state index in [9.17, 15) is 5.11 Å². The zero-order valence-corrected chi connectivity index (χ0v) is 11.9. The van der Waals surface area contributed by atoms with Gasteiger partial charge in [0.2, 0.25) is 0 Å². The molecule has 17 heavy (non-hydrogen) atoms. The second-order valence-corrected chi connectivity index (χ2v) is 6.83. The molecular weight excluding hydrogens is 210 g/mol. The zero-order valence-electron chi connectivity index (χ0n) is 11.9. The summed E-state index contributed by atoms with van der Waals surface area (Å²) in [6.07, 6.45) is 4.76. The van der Waals surface area contributed by atoms with Gasteiger partial charge in [-0.2, -0.15) is 0 Å². The molecule has 0 aromatic rings. The predicted octanol–water partition coefficient (Wildman–Crippen LogP) is 2.90. The summed E-state index contributed by atoms with van der Waals surface area (Å²) in [7, 11) is 0. The molecule has 1 heterocycles. The first-order chi connectivity index (χ1) is 7.99. The summed E-state index contributed by atoms with van der Waals surface area (Å²) in [6.45, 7) is 10.5. The molecule has 1 aliphatic carbocycles. The van der Waals surface area contributed by atoms with Crippen LogP contribution in [0.1, 0.15) is 53.4 Å². The molecule has 0 radical (unpaired) electrons. The molecule has 1 saturated heterocycles. The Morgan fingerprint density at radius 2 is 1.65 bits per heavy atom. The van der Waals surface area contributed by atoms with Crippen LogP contribution in [-0.4, -0.2) is 34.7 Å². The number of hydrogen-bond donors (Lipinski definition) is 1. The van der Waals surface area contributed by atoms with Crippen molar-refractivity contribution in [2.45, 2.75) is 71.6 Å². The quantitative estimate of drug-likeness (QED) is 0.760. The Morgan fingerprint density at radius 3 is 2.24 bits per heavy atom. The summed E-state index contributed by atoms with van der Waals surface area (Å²) in [5, 5.41) is 10.4. The summed E-state index contributed by atoms with van der Waals surface area (Å²) in [5.41, 5.74) is 0. The number of aliphatic hydroxyl groups is 1. The third-order valence-corrected chi connectivity index (χ3v) is 4.97. The minimum absolute atomic E-state index is 0.107. The average Bonchev–Trinajstić information content (AvgIpc) is 2.19. The van der Waals surface area contributed by atoms with Gasteiger partial charge >= 0.3 is 0 Å². The molecule has 0 aromatic carbocycles. The maximum absolute atomic E-state index is 10.4. The van der Waals surface area contributed by atoms with E-state index < -0.39 is 0 Å². The van der Waals surface area contributed by atoms with Crippen molar-refractivity contribution in [1.29, 1.82) is 0 Å². The molecule has 2 fully saturated rings. The second-order valence-electron chi connectivity index (χ2n) is 6.83. The third kappa shape index (κ3) is 2.85. The number of likely N-dealkylation sites (tertiary alicyclic amines) is 1. The molecule has 2 aliphatic rings. The molecule has 2 heteroatoms. The van der Waals surface area contributed by atoms with Crippen LogP contribution in [0.4, 0.5) is 0 Å². The highest BCUT2D eigenvalue weighted by atomic mass is 16.3. The van der Waals surface area contributed by atoms with Gasteiger partial charge in [0.15, 0.2) is 0 Å². The van der Waals surface area contributed by atoms with Gasteiger partial charge in [0.05, 0.1) is 6.10 Å². The Hall–Kier alpha value is -0.0800. The highest BCUT2D eigenvalue weighted by Crippen LogP contribution is 2.36. The van der Waals surface area contributed by atoms with Crippen molar-refractivity contribution < 1.29 is 5.11 Å². The molecule has 2 nitrogen and oxygen atoms in total. The molecule has 2 rings (SSSR count). The fourth-order valence-electron chi connectivity index (χ4n) is 4.22. The number of aliphatic hydroxyl groups excluding tert-OH is 1. The van der Waals surface area contributed by atoms with Crippen LogP contribution in [-0.2, 0) is 0 Å². The van der Waals surface area contributed by atoms with Crippen LogP contribution in [0.5, 0.6) is 0 Å². The molecule has 6 unspecified atom stereocenters. The highest BCUT2D eigenvalue weighted by Gasteiger charge is 2.39. The molecule has 0 bridgehead atoms. The normalized spacial score (nSPS) is 49.2. The minimum atomic E-state index is -0.107. The number of hydrogen-bond acceptors (Lipinski definition) is 2. The van der Waals surface area contributed by atoms with Gasteiger partial charge in [-0.1, -0.05) is 20.8 Å². The SMILES string of the molecule is CC1CC(C)C(N2CCC(C)CC2C)C(O)C1. The standard InChI is InChI=1S/C15H29NO/c1-10-5-6-16(13(4)8-10)15-12(3)7-11(2)9-14(15)17/h10-15,17H,5-9H2,1-4H3. The van der Waals surface area contributed by atoms with Crippen LogP contribution in [0.15, 0.2) is 0 Å². The van der Waals surface area contributed by atoms with E-state index >= 15 is 0 Å². The summed E-state index contributed by atoms with van der Waals surface area (Å²) < 4.78 is 0. The van der Waals surface area contributed by atoms with Crippen LogP contribution in [0.2, 0.25) is 0 Å². The van der Waals surface area contributed by atoms with Gasteiger partial charge in [0, 0.05) is 12.1 Å². The van der Waals surface area contributed by atoms with E-state index in [1.165, 1.54) is 25.8 Å². The molecule has 100 valence electrons. The smallest absolute Gasteiger partial charge is 0.0700 e. The molecule has 6 atom stereocenters. The third-order valence-electron chi connectivity index (χ3n) is 4.97. The summed E-state index contributed by atoms with van der Waals surface area (Å²) >= 11 is 0. The fraction of sp³-hybridized carbons (Fsp3) is 1.00. The molecule has 1 aliphatic heterocycles. The Labute approximate surface area is 106 Å². The Balaban J connectivity index is 2.05. The first-order valence-corrected chi connectivity index (χ1v) is 7.42. The largest absolute Gasteiger partial charge is 0.391 e. The van der Waals surface area contributed by atoms with E-state index in [4.69, 9.17) is 0 Å². The van der Waals surface area contributed by atoms with Crippen LogP contribution in [0.3, 0.4) is 0 Å². The van der Waals surface area contributed by atoms with Gasteiger partial charge in [-0.05, 0) is 56.9 Å². The summed E-state index contributed by atoms with van der Waals surface area (Å²) in [6, 6.07) is 1.06. The maximum Gasteiger partial charge on any atom is 0.0700 e. The van der Waals surface area contributed by atoms with Crippen molar-refractivity contribution >= 4 is 0 Å². The van der Waals surface area contributed by atoms with E-state index in [0.717, 1.165) is 12.3 Å². The van der Waals surface area contributed by atoms with Gasteiger partial charge in [-0.25, -0.2) is 0 Å². The van der Waals surface area contributed by atoms with Gasteiger partial charge in [0.25, 0.3) is 0 Å². The first-order valence-electron chi connectivity index (χ1n) is 7.42. The molecule has 0 aromatic heterocycles. The Bertz CT molecular complexity index is 243. The van der Waals surface area contributed by atoms with Crippen molar-refractivity contribution in [3.05, 3.63) is 0 Å². The lowest BCUT2D eigenvalue weighted by Crippen LogP contribution is -2.56. The van der Waals surface area contributed by atoms with Gasteiger partial charge in [-0.3, -0.25) is 4.90 Å². The average molecular weight is 239 g/mol. The predicted molar refractivity (Wildman–Crippen MR) is 71.9 cm³/mol.